The van der Waals surface area contributed by atoms with Gasteiger partial charge in [0.25, 0.3) is 0 Å². The number of carbonyl (C=O) groups excluding carboxylic acids is 1. The Morgan fingerprint density at radius 3 is 2.86 bits per heavy atom. The zero-order valence-electron chi connectivity index (χ0n) is 7.22. The maximum Gasteiger partial charge on any atom is 0.159 e. The number of hydrogen-bond donors (Lipinski definition) is 0. The topological polar surface area (TPSA) is 34.9 Å². The summed E-state index contributed by atoms with van der Waals surface area (Å²) in [6.07, 6.45) is 3.66. The van der Waals surface area contributed by atoms with Gasteiger partial charge in [-0.2, -0.15) is 5.10 Å². The average Bonchev–Trinajstić information content (AvgIpc) is 2.71. The summed E-state index contributed by atoms with van der Waals surface area (Å²) in [5.41, 5.74) is 0.317. The summed E-state index contributed by atoms with van der Waals surface area (Å²) in [6, 6.07) is 6.29. The molecule has 70 valence electrons. The lowest BCUT2D eigenvalue weighted by atomic mass is 10.2. The number of rotatable bonds is 2. The van der Waals surface area contributed by atoms with E-state index in [2.05, 4.69) is 5.10 Å². The van der Waals surface area contributed by atoms with E-state index in [4.69, 9.17) is 0 Å². The van der Waals surface area contributed by atoms with Gasteiger partial charge in [0.05, 0.1) is 5.56 Å². The van der Waals surface area contributed by atoms with Crippen LogP contribution in [0.25, 0.3) is 5.69 Å². The van der Waals surface area contributed by atoms with Crippen LogP contribution in [-0.4, -0.2) is 16.1 Å². The van der Waals surface area contributed by atoms with Gasteiger partial charge >= 0.3 is 0 Å². The lowest BCUT2D eigenvalue weighted by Crippen LogP contribution is -2.00. The summed E-state index contributed by atoms with van der Waals surface area (Å²) in [7, 11) is 0. The summed E-state index contributed by atoms with van der Waals surface area (Å²) < 4.78 is 14.9. The monoisotopic (exact) mass is 190 g/mol. The Bertz CT molecular complexity index is 451. The highest BCUT2D eigenvalue weighted by Gasteiger charge is 2.08. The van der Waals surface area contributed by atoms with E-state index in [1.54, 1.807) is 30.6 Å². The third-order valence-electron chi connectivity index (χ3n) is 1.89. The van der Waals surface area contributed by atoms with E-state index in [1.165, 1.54) is 10.7 Å². The van der Waals surface area contributed by atoms with E-state index in [-0.39, 0.29) is 11.3 Å². The predicted octanol–water partition coefficient (Wildman–Crippen LogP) is 1.82. The first kappa shape index (κ1) is 8.62. The van der Waals surface area contributed by atoms with Crippen LogP contribution in [-0.2, 0) is 0 Å². The third kappa shape index (κ3) is 1.31. The van der Waals surface area contributed by atoms with E-state index in [0.29, 0.717) is 6.29 Å². The van der Waals surface area contributed by atoms with Crippen molar-refractivity contribution in [3.63, 3.8) is 0 Å². The molecule has 0 aliphatic carbocycles. The molecular weight excluding hydrogens is 183 g/mol. The van der Waals surface area contributed by atoms with E-state index < -0.39 is 5.82 Å². The van der Waals surface area contributed by atoms with Crippen molar-refractivity contribution in [1.29, 1.82) is 0 Å². The van der Waals surface area contributed by atoms with Crippen LogP contribution in [0.3, 0.4) is 0 Å². The predicted molar refractivity (Wildman–Crippen MR) is 48.9 cm³/mol. The normalized spacial score (nSPS) is 10.1. The van der Waals surface area contributed by atoms with Gasteiger partial charge in [-0.15, -0.1) is 0 Å². The zero-order valence-corrected chi connectivity index (χ0v) is 7.22. The van der Waals surface area contributed by atoms with Gasteiger partial charge in [0, 0.05) is 12.4 Å². The first-order chi connectivity index (χ1) is 6.83. The fourth-order valence-corrected chi connectivity index (χ4v) is 1.22. The van der Waals surface area contributed by atoms with Crippen molar-refractivity contribution in [2.24, 2.45) is 0 Å². The number of benzene rings is 1. The first-order valence-electron chi connectivity index (χ1n) is 4.06. The fraction of sp³-hybridized carbons (Fsp3) is 0. The molecule has 1 heterocycles. The second-order valence-electron chi connectivity index (χ2n) is 2.75. The van der Waals surface area contributed by atoms with Crippen molar-refractivity contribution in [2.45, 2.75) is 0 Å². The fourth-order valence-electron chi connectivity index (χ4n) is 1.22. The maximum absolute atomic E-state index is 13.5. The number of halogens is 1. The lowest BCUT2D eigenvalue weighted by molar-refractivity contribution is 0.112. The van der Waals surface area contributed by atoms with Gasteiger partial charge in [-0.3, -0.25) is 4.79 Å². The molecule has 3 nitrogen and oxygen atoms in total. The quantitative estimate of drug-likeness (QED) is 0.677. The van der Waals surface area contributed by atoms with Crippen LogP contribution < -0.4 is 0 Å². The van der Waals surface area contributed by atoms with Crippen molar-refractivity contribution in [1.82, 2.24) is 9.78 Å². The molecule has 1 aromatic carbocycles. The van der Waals surface area contributed by atoms with Crippen LogP contribution in [0.5, 0.6) is 0 Å². The van der Waals surface area contributed by atoms with Gasteiger partial charge in [-0.25, -0.2) is 9.07 Å². The molecule has 0 saturated carbocycles. The molecule has 0 bridgehead atoms. The van der Waals surface area contributed by atoms with Gasteiger partial charge in [-0.05, 0) is 18.2 Å². The molecule has 2 aromatic rings. The average molecular weight is 190 g/mol. The Morgan fingerprint density at radius 2 is 2.21 bits per heavy atom. The highest BCUT2D eigenvalue weighted by Crippen LogP contribution is 2.14. The SMILES string of the molecule is O=Cc1cccc(-n2cccn2)c1F. The Kier molecular flexibility index (Phi) is 2.10. The minimum absolute atomic E-state index is 0.0398. The van der Waals surface area contributed by atoms with Crippen LogP contribution in [0.4, 0.5) is 4.39 Å². The van der Waals surface area contributed by atoms with Crippen LogP contribution in [0.15, 0.2) is 36.7 Å². The van der Waals surface area contributed by atoms with Crippen molar-refractivity contribution < 1.29 is 9.18 Å². The summed E-state index contributed by atoms with van der Waals surface area (Å²) in [6.45, 7) is 0. The Balaban J connectivity index is 2.60. The van der Waals surface area contributed by atoms with Crippen LogP contribution in [0.2, 0.25) is 0 Å². The molecule has 0 atom stereocenters. The van der Waals surface area contributed by atoms with Crippen LogP contribution >= 0.6 is 0 Å². The maximum atomic E-state index is 13.5. The molecule has 1 aromatic heterocycles. The van der Waals surface area contributed by atoms with E-state index >= 15 is 0 Å². The number of aromatic nitrogens is 2. The molecule has 0 fully saturated rings. The van der Waals surface area contributed by atoms with E-state index in [1.807, 2.05) is 0 Å². The van der Waals surface area contributed by atoms with Gasteiger partial charge in [0.15, 0.2) is 12.1 Å². The number of hydrogen-bond acceptors (Lipinski definition) is 2. The minimum atomic E-state index is -0.550. The summed E-state index contributed by atoms with van der Waals surface area (Å²) in [4.78, 5) is 10.5. The molecule has 2 rings (SSSR count). The number of aldehydes is 1. The number of nitrogens with zero attached hydrogens (tertiary/aromatic N) is 2. The van der Waals surface area contributed by atoms with E-state index in [9.17, 15) is 9.18 Å². The van der Waals surface area contributed by atoms with Crippen molar-refractivity contribution in [3.05, 3.63) is 48.0 Å². The van der Waals surface area contributed by atoms with Gasteiger partial charge in [-0.1, -0.05) is 6.07 Å². The molecule has 0 saturated heterocycles. The largest absolute Gasteiger partial charge is 0.298 e. The standard InChI is InChI=1S/C10H7FN2O/c11-10-8(7-14)3-1-4-9(10)13-6-2-5-12-13/h1-7H. The molecule has 0 radical (unpaired) electrons. The zero-order chi connectivity index (χ0) is 9.97. The van der Waals surface area contributed by atoms with Crippen LogP contribution in [0.1, 0.15) is 10.4 Å². The first-order valence-corrected chi connectivity index (χ1v) is 4.06. The van der Waals surface area contributed by atoms with Crippen molar-refractivity contribution in [3.8, 4) is 5.69 Å². The second kappa shape index (κ2) is 3.41. The Hall–Kier alpha value is -1.97. The van der Waals surface area contributed by atoms with Gasteiger partial charge in [0.2, 0.25) is 0 Å². The summed E-state index contributed by atoms with van der Waals surface area (Å²) in [5.74, 6) is -0.550. The molecule has 0 aliphatic rings. The van der Waals surface area contributed by atoms with Crippen LogP contribution in [0, 0.1) is 5.82 Å². The lowest BCUT2D eigenvalue weighted by Gasteiger charge is -2.03. The molecule has 0 aliphatic heterocycles. The molecule has 0 N–H and O–H groups in total. The second-order valence-corrected chi connectivity index (χ2v) is 2.75. The van der Waals surface area contributed by atoms with E-state index in [0.717, 1.165) is 0 Å². The summed E-state index contributed by atoms with van der Waals surface area (Å²) in [5, 5.41) is 3.88. The summed E-state index contributed by atoms with van der Waals surface area (Å²) >= 11 is 0. The smallest absolute Gasteiger partial charge is 0.159 e. The molecule has 0 amide bonds. The Morgan fingerprint density at radius 1 is 1.36 bits per heavy atom. The van der Waals surface area contributed by atoms with Gasteiger partial charge < -0.3 is 0 Å². The molecule has 4 heteroatoms. The highest BCUT2D eigenvalue weighted by atomic mass is 19.1. The molecule has 14 heavy (non-hydrogen) atoms. The van der Waals surface area contributed by atoms with Gasteiger partial charge in [0.1, 0.15) is 5.69 Å². The Labute approximate surface area is 79.8 Å². The highest BCUT2D eigenvalue weighted by molar-refractivity contribution is 5.76. The number of carbonyl (C=O) groups is 1. The molecular formula is C10H7FN2O. The van der Waals surface area contributed by atoms with Crippen molar-refractivity contribution in [2.75, 3.05) is 0 Å². The third-order valence-corrected chi connectivity index (χ3v) is 1.89. The minimum Gasteiger partial charge on any atom is -0.298 e. The van der Waals surface area contributed by atoms with Crippen molar-refractivity contribution >= 4 is 6.29 Å². The molecule has 0 unspecified atom stereocenters. The molecule has 0 spiro atoms.